The number of aryl methyl sites for hydroxylation is 2. The lowest BCUT2D eigenvalue weighted by Crippen LogP contribution is -2.42. The molecule has 6 heteroatoms. The number of amides is 2. The highest BCUT2D eigenvalue weighted by atomic mass is 16.2. The fourth-order valence-corrected chi connectivity index (χ4v) is 4.06. The minimum absolute atomic E-state index is 0.0275. The van der Waals surface area contributed by atoms with Gasteiger partial charge in [-0.1, -0.05) is 30.3 Å². The van der Waals surface area contributed by atoms with Crippen LogP contribution in [0.4, 0.5) is 0 Å². The van der Waals surface area contributed by atoms with Gasteiger partial charge in [0.1, 0.15) is 5.69 Å². The largest absolute Gasteiger partial charge is 0.359 e. The topological polar surface area (TPSA) is 67.2 Å². The number of aromatic nitrogens is 2. The second-order valence-corrected chi connectivity index (χ2v) is 8.15. The van der Waals surface area contributed by atoms with Crippen molar-refractivity contribution in [1.82, 2.24) is 20.0 Å². The number of benzene rings is 2. The van der Waals surface area contributed by atoms with Crippen molar-refractivity contribution in [2.24, 2.45) is 5.92 Å². The Morgan fingerprint density at radius 3 is 2.35 bits per heavy atom. The highest BCUT2D eigenvalue weighted by Gasteiger charge is 2.29. The molecule has 1 fully saturated rings. The third-order valence-corrected chi connectivity index (χ3v) is 6.15. The summed E-state index contributed by atoms with van der Waals surface area (Å²) in [6.45, 7) is 5.28. The number of para-hydroxylation sites is 1. The molecule has 160 valence electrons. The zero-order valence-corrected chi connectivity index (χ0v) is 18.3. The second kappa shape index (κ2) is 8.76. The summed E-state index contributed by atoms with van der Waals surface area (Å²) in [7, 11) is 1.66. The summed E-state index contributed by atoms with van der Waals surface area (Å²) in [6.07, 6.45) is 3.18. The summed E-state index contributed by atoms with van der Waals surface area (Å²) >= 11 is 0. The number of piperidine rings is 1. The van der Waals surface area contributed by atoms with Gasteiger partial charge in [-0.15, -0.1) is 0 Å². The lowest BCUT2D eigenvalue weighted by atomic mass is 9.95. The average molecular weight is 417 g/mol. The van der Waals surface area contributed by atoms with E-state index in [1.165, 1.54) is 5.56 Å². The Morgan fingerprint density at radius 1 is 1.00 bits per heavy atom. The average Bonchev–Trinajstić information content (AvgIpc) is 3.26. The van der Waals surface area contributed by atoms with Gasteiger partial charge in [-0.25, -0.2) is 4.68 Å². The number of nitrogens with zero attached hydrogens (tertiary/aromatic N) is 3. The molecule has 31 heavy (non-hydrogen) atoms. The Labute approximate surface area is 182 Å². The SMILES string of the molecule is CNC(=O)C1CCN(C(=O)c2cn(-c3ccccc3)nc2-c2ccc(C)c(C)c2)CC1. The van der Waals surface area contributed by atoms with E-state index in [1.807, 2.05) is 47.5 Å². The first-order valence-electron chi connectivity index (χ1n) is 10.7. The van der Waals surface area contributed by atoms with E-state index in [4.69, 9.17) is 5.10 Å². The number of rotatable bonds is 4. The standard InChI is InChI=1S/C25H28N4O2/c1-17-9-10-20(15-18(17)2)23-22(16-29(27-23)21-7-5-4-6-8-21)25(31)28-13-11-19(12-14-28)24(30)26-3/h4-10,15-16,19H,11-14H2,1-3H3,(H,26,30). The second-order valence-electron chi connectivity index (χ2n) is 8.15. The van der Waals surface area contributed by atoms with Crippen molar-refractivity contribution in [3.8, 4) is 16.9 Å². The summed E-state index contributed by atoms with van der Waals surface area (Å²) < 4.78 is 1.77. The minimum atomic E-state index is -0.0363. The van der Waals surface area contributed by atoms with Crippen LogP contribution in [0.15, 0.2) is 54.7 Å². The molecule has 4 rings (SSSR count). The molecular weight excluding hydrogens is 388 g/mol. The molecule has 1 N–H and O–H groups in total. The van der Waals surface area contributed by atoms with Crippen LogP contribution in [-0.4, -0.2) is 46.6 Å². The Kier molecular flexibility index (Phi) is 5.89. The Hall–Kier alpha value is -3.41. The Morgan fingerprint density at radius 2 is 1.71 bits per heavy atom. The number of hydrogen-bond donors (Lipinski definition) is 1. The molecule has 3 aromatic rings. The van der Waals surface area contributed by atoms with E-state index in [-0.39, 0.29) is 17.7 Å². The van der Waals surface area contributed by atoms with Crippen LogP contribution in [0.2, 0.25) is 0 Å². The lowest BCUT2D eigenvalue weighted by Gasteiger charge is -2.31. The van der Waals surface area contributed by atoms with E-state index < -0.39 is 0 Å². The van der Waals surface area contributed by atoms with Gasteiger partial charge >= 0.3 is 0 Å². The molecule has 0 aliphatic carbocycles. The molecule has 2 amide bonds. The molecule has 2 aromatic carbocycles. The van der Waals surface area contributed by atoms with Crippen LogP contribution in [0, 0.1) is 19.8 Å². The third-order valence-electron chi connectivity index (χ3n) is 6.15. The zero-order chi connectivity index (χ0) is 22.0. The van der Waals surface area contributed by atoms with Crippen molar-refractivity contribution in [1.29, 1.82) is 0 Å². The van der Waals surface area contributed by atoms with Crippen LogP contribution >= 0.6 is 0 Å². The molecule has 0 spiro atoms. The van der Waals surface area contributed by atoms with Crippen LogP contribution in [0.5, 0.6) is 0 Å². The molecule has 1 aliphatic rings. The fraction of sp³-hybridized carbons (Fsp3) is 0.320. The smallest absolute Gasteiger partial charge is 0.257 e. The molecule has 0 atom stereocenters. The first kappa shape index (κ1) is 20.8. The van der Waals surface area contributed by atoms with Crippen molar-refractivity contribution in [2.75, 3.05) is 20.1 Å². The first-order valence-corrected chi connectivity index (χ1v) is 10.7. The molecule has 6 nitrogen and oxygen atoms in total. The van der Waals surface area contributed by atoms with E-state index in [0.29, 0.717) is 37.2 Å². The highest BCUT2D eigenvalue weighted by molar-refractivity contribution is 6.00. The van der Waals surface area contributed by atoms with Crippen molar-refractivity contribution >= 4 is 11.8 Å². The van der Waals surface area contributed by atoms with Crippen LogP contribution < -0.4 is 5.32 Å². The number of likely N-dealkylation sites (tertiary alicyclic amines) is 1. The van der Waals surface area contributed by atoms with Gasteiger partial charge in [0.05, 0.1) is 11.3 Å². The maximum Gasteiger partial charge on any atom is 0.257 e. The Balaban J connectivity index is 1.68. The van der Waals surface area contributed by atoms with Gasteiger partial charge in [-0.3, -0.25) is 9.59 Å². The molecule has 0 unspecified atom stereocenters. The molecule has 0 saturated carbocycles. The van der Waals surface area contributed by atoms with E-state index in [2.05, 4.69) is 31.3 Å². The normalized spacial score (nSPS) is 14.5. The molecule has 2 heterocycles. The van der Waals surface area contributed by atoms with Gasteiger partial charge in [-0.2, -0.15) is 5.10 Å². The number of nitrogens with one attached hydrogen (secondary N) is 1. The molecule has 0 bridgehead atoms. The molecule has 1 aromatic heterocycles. The van der Waals surface area contributed by atoms with E-state index in [1.54, 1.807) is 11.7 Å². The number of hydrogen-bond acceptors (Lipinski definition) is 3. The van der Waals surface area contributed by atoms with E-state index in [0.717, 1.165) is 16.8 Å². The summed E-state index contributed by atoms with van der Waals surface area (Å²) in [5.41, 5.74) is 5.48. The van der Waals surface area contributed by atoms with Gasteiger partial charge < -0.3 is 10.2 Å². The zero-order valence-electron chi connectivity index (χ0n) is 18.3. The molecule has 0 radical (unpaired) electrons. The predicted molar refractivity (Wildman–Crippen MR) is 121 cm³/mol. The van der Waals surface area contributed by atoms with Gasteiger partial charge in [0.2, 0.25) is 5.91 Å². The van der Waals surface area contributed by atoms with Crippen LogP contribution in [0.3, 0.4) is 0 Å². The Bertz CT molecular complexity index is 1100. The monoisotopic (exact) mass is 416 g/mol. The quantitative estimate of drug-likeness (QED) is 0.704. The molecule has 1 aliphatic heterocycles. The summed E-state index contributed by atoms with van der Waals surface area (Å²) in [6, 6.07) is 16.0. The van der Waals surface area contributed by atoms with Crippen molar-refractivity contribution in [2.45, 2.75) is 26.7 Å². The van der Waals surface area contributed by atoms with E-state index in [9.17, 15) is 9.59 Å². The summed E-state index contributed by atoms with van der Waals surface area (Å²) in [5.74, 6) is -0.00843. The van der Waals surface area contributed by atoms with E-state index >= 15 is 0 Å². The first-order chi connectivity index (χ1) is 15.0. The van der Waals surface area contributed by atoms with Crippen molar-refractivity contribution in [3.63, 3.8) is 0 Å². The summed E-state index contributed by atoms with van der Waals surface area (Å²) in [5, 5.41) is 7.52. The fourth-order valence-electron chi connectivity index (χ4n) is 4.06. The predicted octanol–water partition coefficient (Wildman–Crippen LogP) is 3.75. The lowest BCUT2D eigenvalue weighted by molar-refractivity contribution is -0.125. The van der Waals surface area contributed by atoms with Crippen molar-refractivity contribution in [3.05, 3.63) is 71.4 Å². The van der Waals surface area contributed by atoms with Gasteiger partial charge in [-0.05, 0) is 56.0 Å². The van der Waals surface area contributed by atoms with Crippen LogP contribution in [0.1, 0.15) is 34.3 Å². The maximum atomic E-state index is 13.5. The molecular formula is C25H28N4O2. The number of carbonyl (C=O) groups is 2. The third kappa shape index (κ3) is 4.24. The maximum absolute atomic E-state index is 13.5. The van der Waals surface area contributed by atoms with Crippen LogP contribution in [-0.2, 0) is 4.79 Å². The van der Waals surface area contributed by atoms with Crippen LogP contribution in [0.25, 0.3) is 16.9 Å². The van der Waals surface area contributed by atoms with Gasteiger partial charge in [0.25, 0.3) is 5.91 Å². The minimum Gasteiger partial charge on any atom is -0.359 e. The molecule has 1 saturated heterocycles. The van der Waals surface area contributed by atoms with Crippen molar-refractivity contribution < 1.29 is 9.59 Å². The highest BCUT2D eigenvalue weighted by Crippen LogP contribution is 2.28. The van der Waals surface area contributed by atoms with Gasteiger partial charge in [0, 0.05) is 37.8 Å². The summed E-state index contributed by atoms with van der Waals surface area (Å²) in [4.78, 5) is 27.3. The number of carbonyl (C=O) groups excluding carboxylic acids is 2. The van der Waals surface area contributed by atoms with Gasteiger partial charge in [0.15, 0.2) is 0 Å².